The van der Waals surface area contributed by atoms with Crippen LogP contribution in [0.4, 0.5) is 10.5 Å². The third-order valence-electron chi connectivity index (χ3n) is 4.16. The van der Waals surface area contributed by atoms with E-state index in [4.69, 9.17) is 20.8 Å². The summed E-state index contributed by atoms with van der Waals surface area (Å²) >= 11 is 0. The Labute approximate surface area is 150 Å². The number of hydrogen-bond acceptors (Lipinski definition) is 7. The summed E-state index contributed by atoms with van der Waals surface area (Å²) in [5.41, 5.74) is 5.94. The highest BCUT2D eigenvalue weighted by atomic mass is 16.5. The SMILES string of the molecule is CCOc1nc(C(=O)NCC2CCN(C(=O)O)CC2O)cc(N)c1C#N. The Morgan fingerprint density at radius 3 is 2.88 bits per heavy atom. The van der Waals surface area contributed by atoms with Gasteiger partial charge in [0.1, 0.15) is 17.3 Å². The lowest BCUT2D eigenvalue weighted by molar-refractivity contribution is 0.0248. The summed E-state index contributed by atoms with van der Waals surface area (Å²) in [7, 11) is 0. The Kier molecular flexibility index (Phi) is 6.19. The summed E-state index contributed by atoms with van der Waals surface area (Å²) in [6.07, 6.45) is -1.51. The van der Waals surface area contributed by atoms with Gasteiger partial charge in [-0.1, -0.05) is 0 Å². The molecule has 0 spiro atoms. The molecule has 1 aromatic heterocycles. The van der Waals surface area contributed by atoms with E-state index in [1.54, 1.807) is 6.92 Å². The highest BCUT2D eigenvalue weighted by molar-refractivity contribution is 5.93. The van der Waals surface area contributed by atoms with Crippen molar-refractivity contribution >= 4 is 17.7 Å². The third-order valence-corrected chi connectivity index (χ3v) is 4.16. The van der Waals surface area contributed by atoms with Crippen molar-refractivity contribution in [2.75, 3.05) is 32.0 Å². The van der Waals surface area contributed by atoms with Crippen molar-refractivity contribution in [2.24, 2.45) is 5.92 Å². The number of carbonyl (C=O) groups excluding carboxylic acids is 1. The molecule has 10 nitrogen and oxygen atoms in total. The van der Waals surface area contributed by atoms with Crippen molar-refractivity contribution in [1.29, 1.82) is 5.26 Å². The number of likely N-dealkylation sites (tertiary alicyclic amines) is 1. The molecule has 5 N–H and O–H groups in total. The zero-order valence-corrected chi connectivity index (χ0v) is 14.3. The van der Waals surface area contributed by atoms with Gasteiger partial charge in [0.15, 0.2) is 0 Å². The van der Waals surface area contributed by atoms with Crippen molar-refractivity contribution in [3.05, 3.63) is 17.3 Å². The second-order valence-electron chi connectivity index (χ2n) is 5.88. The van der Waals surface area contributed by atoms with Crippen LogP contribution >= 0.6 is 0 Å². The fourth-order valence-corrected chi connectivity index (χ4v) is 2.72. The van der Waals surface area contributed by atoms with Crippen LogP contribution in [0.5, 0.6) is 5.88 Å². The molecule has 1 fully saturated rings. The van der Waals surface area contributed by atoms with E-state index in [1.807, 2.05) is 6.07 Å². The molecule has 0 aromatic carbocycles. The predicted octanol–water partition coefficient (Wildman–Crippen LogP) is 0.0248. The number of nitrogens with two attached hydrogens (primary N) is 1. The number of ether oxygens (including phenoxy) is 1. The van der Waals surface area contributed by atoms with Crippen molar-refractivity contribution in [1.82, 2.24) is 15.2 Å². The van der Waals surface area contributed by atoms with Crippen LogP contribution in [0.25, 0.3) is 0 Å². The average molecular weight is 363 g/mol. The maximum Gasteiger partial charge on any atom is 0.407 e. The number of aliphatic hydroxyl groups excluding tert-OH is 1. The zero-order chi connectivity index (χ0) is 19.3. The molecule has 26 heavy (non-hydrogen) atoms. The van der Waals surface area contributed by atoms with Crippen molar-refractivity contribution in [2.45, 2.75) is 19.4 Å². The largest absolute Gasteiger partial charge is 0.477 e. The highest BCUT2D eigenvalue weighted by Gasteiger charge is 2.30. The number of rotatable bonds is 5. The number of piperidine rings is 1. The molecule has 1 aliphatic heterocycles. The summed E-state index contributed by atoms with van der Waals surface area (Å²) in [6.45, 7) is 2.45. The van der Waals surface area contributed by atoms with E-state index < -0.39 is 18.1 Å². The second-order valence-corrected chi connectivity index (χ2v) is 5.88. The van der Waals surface area contributed by atoms with E-state index in [2.05, 4.69) is 10.3 Å². The first-order valence-electron chi connectivity index (χ1n) is 8.14. The van der Waals surface area contributed by atoms with Crippen LogP contribution in [0.15, 0.2) is 6.07 Å². The van der Waals surface area contributed by atoms with E-state index in [0.717, 1.165) is 4.90 Å². The molecule has 10 heteroatoms. The first-order chi connectivity index (χ1) is 12.4. The van der Waals surface area contributed by atoms with Crippen LogP contribution in [0, 0.1) is 17.2 Å². The summed E-state index contributed by atoms with van der Waals surface area (Å²) in [4.78, 5) is 28.4. The Morgan fingerprint density at radius 1 is 1.58 bits per heavy atom. The second kappa shape index (κ2) is 8.35. The van der Waals surface area contributed by atoms with Crippen LogP contribution in [0.1, 0.15) is 29.4 Å². The van der Waals surface area contributed by atoms with Crippen molar-refractivity contribution in [3.63, 3.8) is 0 Å². The number of aliphatic hydroxyl groups is 1. The fourth-order valence-electron chi connectivity index (χ4n) is 2.72. The molecule has 2 heterocycles. The van der Waals surface area contributed by atoms with E-state index in [9.17, 15) is 14.7 Å². The molecule has 2 atom stereocenters. The average Bonchev–Trinajstić information content (AvgIpc) is 2.60. The molecule has 0 bridgehead atoms. The maximum atomic E-state index is 12.3. The Morgan fingerprint density at radius 2 is 2.31 bits per heavy atom. The van der Waals surface area contributed by atoms with E-state index >= 15 is 0 Å². The lowest BCUT2D eigenvalue weighted by Crippen LogP contribution is -2.49. The first kappa shape index (κ1) is 19.3. The zero-order valence-electron chi connectivity index (χ0n) is 14.3. The molecule has 2 amide bonds. The van der Waals surface area contributed by atoms with Gasteiger partial charge in [-0.05, 0) is 19.4 Å². The Hall–Kier alpha value is -3.06. The van der Waals surface area contributed by atoms with Crippen LogP contribution in [0.2, 0.25) is 0 Å². The predicted molar refractivity (Wildman–Crippen MR) is 90.6 cm³/mol. The summed E-state index contributed by atoms with van der Waals surface area (Å²) in [5.74, 6) is -0.790. The van der Waals surface area contributed by atoms with Crippen molar-refractivity contribution < 1.29 is 24.5 Å². The monoisotopic (exact) mass is 363 g/mol. The topological polar surface area (TPSA) is 162 Å². The smallest absolute Gasteiger partial charge is 0.407 e. The number of carboxylic acid groups (broad SMARTS) is 1. The van der Waals surface area contributed by atoms with Gasteiger partial charge >= 0.3 is 6.09 Å². The normalized spacial score (nSPS) is 19.5. The summed E-state index contributed by atoms with van der Waals surface area (Å²) in [5, 5.41) is 30.7. The molecule has 140 valence electrons. The minimum atomic E-state index is -1.08. The van der Waals surface area contributed by atoms with E-state index in [0.29, 0.717) is 13.0 Å². The number of carbonyl (C=O) groups is 2. The van der Waals surface area contributed by atoms with Crippen molar-refractivity contribution in [3.8, 4) is 11.9 Å². The molecule has 0 radical (unpaired) electrons. The van der Waals surface area contributed by atoms with E-state index in [1.165, 1.54) is 6.07 Å². The van der Waals surface area contributed by atoms with Gasteiger partial charge < -0.3 is 30.9 Å². The lowest BCUT2D eigenvalue weighted by Gasteiger charge is -2.34. The van der Waals surface area contributed by atoms with Gasteiger partial charge in [0.25, 0.3) is 5.91 Å². The number of pyridine rings is 1. The number of amides is 2. The number of nitrogens with zero attached hydrogens (tertiary/aromatic N) is 3. The number of β-amino-alcohol motifs (C(OH)–C–C–N with tert-alkyl or cyclic N) is 1. The third kappa shape index (κ3) is 4.31. The number of hydrogen-bond donors (Lipinski definition) is 4. The van der Waals surface area contributed by atoms with E-state index in [-0.39, 0.29) is 48.4 Å². The molecule has 1 saturated heterocycles. The fraction of sp³-hybridized carbons (Fsp3) is 0.500. The van der Waals surface area contributed by atoms with Crippen LogP contribution in [-0.4, -0.2) is 64.4 Å². The molecule has 0 saturated carbocycles. The summed E-state index contributed by atoms with van der Waals surface area (Å²) < 4.78 is 5.25. The Balaban J connectivity index is 2.02. The van der Waals surface area contributed by atoms with Crippen LogP contribution in [-0.2, 0) is 0 Å². The molecule has 1 aliphatic rings. The molecule has 2 unspecified atom stereocenters. The number of aromatic nitrogens is 1. The van der Waals surface area contributed by atoms with Gasteiger partial charge in [0.2, 0.25) is 5.88 Å². The van der Waals surface area contributed by atoms with Gasteiger partial charge in [0.05, 0.1) is 24.9 Å². The maximum absolute atomic E-state index is 12.3. The molecule has 0 aliphatic carbocycles. The lowest BCUT2D eigenvalue weighted by atomic mass is 9.94. The molecular weight excluding hydrogens is 342 g/mol. The number of nitrogen functional groups attached to an aromatic ring is 1. The molecular formula is C16H21N5O5. The van der Waals surface area contributed by atoms with Crippen LogP contribution < -0.4 is 15.8 Å². The van der Waals surface area contributed by atoms with Gasteiger partial charge in [-0.15, -0.1) is 0 Å². The standard InChI is InChI=1S/C16H21N5O5/c1-2-26-15-10(6-17)11(18)5-12(20-15)14(23)19-7-9-3-4-21(16(24)25)8-13(9)22/h5,9,13,22H,2-4,7-8H2,1H3,(H2,18,20)(H,19,23)(H,24,25). The number of nitriles is 1. The minimum Gasteiger partial charge on any atom is -0.477 e. The number of nitrogens with one attached hydrogen (secondary N) is 1. The van der Waals surface area contributed by atoms with Gasteiger partial charge in [-0.25, -0.2) is 9.78 Å². The van der Waals surface area contributed by atoms with Gasteiger partial charge in [0, 0.05) is 19.0 Å². The van der Waals surface area contributed by atoms with Crippen LogP contribution in [0.3, 0.4) is 0 Å². The first-order valence-corrected chi connectivity index (χ1v) is 8.14. The Bertz CT molecular complexity index is 732. The van der Waals surface area contributed by atoms with Gasteiger partial charge in [-0.3, -0.25) is 4.79 Å². The quantitative estimate of drug-likeness (QED) is 0.569. The summed E-state index contributed by atoms with van der Waals surface area (Å²) in [6, 6.07) is 3.18. The minimum absolute atomic E-state index is 0.00223. The number of anilines is 1. The highest BCUT2D eigenvalue weighted by Crippen LogP contribution is 2.23. The van der Waals surface area contributed by atoms with Gasteiger partial charge in [-0.2, -0.15) is 5.26 Å². The molecule has 1 aromatic rings. The molecule has 2 rings (SSSR count).